The lowest BCUT2D eigenvalue weighted by atomic mass is 9.95. The highest BCUT2D eigenvalue weighted by atomic mass is 19.1. The standard InChI is InChI=1S/C23H24FNO3/c1-2-3-4-10-15-25-20(17-13-8-9-14-18(17)24)19(22(27)23(25)28)21(26)16-11-6-5-7-12-16/h5-9,11-14,20,26H,2-4,10,15H2,1H3/b21-19+/t20-/m0/s1. The van der Waals surface area contributed by atoms with Crippen LogP contribution in [0.4, 0.5) is 4.39 Å². The van der Waals surface area contributed by atoms with Gasteiger partial charge in [0.1, 0.15) is 11.6 Å². The third kappa shape index (κ3) is 3.84. The normalized spacial score (nSPS) is 18.6. The molecule has 2 aromatic carbocycles. The number of carbonyl (C=O) groups excluding carboxylic acids is 2. The van der Waals surface area contributed by atoms with Crippen molar-refractivity contribution in [3.05, 3.63) is 77.1 Å². The van der Waals surface area contributed by atoms with E-state index in [-0.39, 0.29) is 16.9 Å². The molecule has 146 valence electrons. The van der Waals surface area contributed by atoms with Gasteiger partial charge in [-0.1, -0.05) is 74.7 Å². The van der Waals surface area contributed by atoms with Gasteiger partial charge in [-0.05, 0) is 12.5 Å². The molecule has 0 saturated carbocycles. The van der Waals surface area contributed by atoms with Gasteiger partial charge >= 0.3 is 0 Å². The van der Waals surface area contributed by atoms with E-state index in [1.54, 1.807) is 48.5 Å². The number of hydrogen-bond acceptors (Lipinski definition) is 3. The summed E-state index contributed by atoms with van der Waals surface area (Å²) in [6.07, 6.45) is 3.71. The fraction of sp³-hybridized carbons (Fsp3) is 0.304. The fourth-order valence-corrected chi connectivity index (χ4v) is 3.59. The molecule has 1 N–H and O–H groups in total. The first-order chi connectivity index (χ1) is 13.6. The summed E-state index contributed by atoms with van der Waals surface area (Å²) in [5.41, 5.74) is 0.583. The Morgan fingerprint density at radius 1 is 1.00 bits per heavy atom. The van der Waals surface area contributed by atoms with Crippen LogP contribution in [-0.2, 0) is 9.59 Å². The van der Waals surface area contributed by atoms with Crippen LogP contribution in [0.1, 0.15) is 49.8 Å². The van der Waals surface area contributed by atoms with Gasteiger partial charge in [0.25, 0.3) is 11.7 Å². The molecule has 1 saturated heterocycles. The van der Waals surface area contributed by atoms with Crippen molar-refractivity contribution in [3.63, 3.8) is 0 Å². The van der Waals surface area contributed by atoms with Crippen molar-refractivity contribution in [3.8, 4) is 0 Å². The predicted molar refractivity (Wildman–Crippen MR) is 106 cm³/mol. The molecule has 5 heteroatoms. The lowest BCUT2D eigenvalue weighted by Crippen LogP contribution is -2.31. The number of hydrogen-bond donors (Lipinski definition) is 1. The van der Waals surface area contributed by atoms with Crippen molar-refractivity contribution in [1.29, 1.82) is 0 Å². The zero-order valence-electron chi connectivity index (χ0n) is 15.9. The Morgan fingerprint density at radius 3 is 2.36 bits per heavy atom. The van der Waals surface area contributed by atoms with Gasteiger partial charge in [0.15, 0.2) is 0 Å². The third-order valence-corrected chi connectivity index (χ3v) is 5.04. The topological polar surface area (TPSA) is 57.6 Å². The van der Waals surface area contributed by atoms with Gasteiger partial charge in [0.05, 0.1) is 11.6 Å². The molecular weight excluding hydrogens is 357 g/mol. The van der Waals surface area contributed by atoms with Crippen LogP contribution in [0.3, 0.4) is 0 Å². The summed E-state index contributed by atoms with van der Waals surface area (Å²) < 4.78 is 14.6. The van der Waals surface area contributed by atoms with Crippen LogP contribution in [0.2, 0.25) is 0 Å². The van der Waals surface area contributed by atoms with E-state index in [1.165, 1.54) is 11.0 Å². The summed E-state index contributed by atoms with van der Waals surface area (Å²) in [6.45, 7) is 2.43. The van der Waals surface area contributed by atoms with Crippen molar-refractivity contribution >= 4 is 17.4 Å². The number of aliphatic hydroxyl groups is 1. The van der Waals surface area contributed by atoms with E-state index in [2.05, 4.69) is 6.92 Å². The van der Waals surface area contributed by atoms with E-state index >= 15 is 0 Å². The smallest absolute Gasteiger partial charge is 0.295 e. The first kappa shape index (κ1) is 19.8. The van der Waals surface area contributed by atoms with E-state index in [9.17, 15) is 19.1 Å². The maximum absolute atomic E-state index is 14.6. The molecule has 0 spiro atoms. The molecule has 1 heterocycles. The summed E-state index contributed by atoms with van der Waals surface area (Å²) in [5, 5.41) is 10.8. The van der Waals surface area contributed by atoms with E-state index < -0.39 is 23.5 Å². The van der Waals surface area contributed by atoms with Crippen LogP contribution < -0.4 is 0 Å². The number of rotatable bonds is 7. The minimum Gasteiger partial charge on any atom is -0.507 e. The first-order valence-electron chi connectivity index (χ1n) is 9.64. The van der Waals surface area contributed by atoms with Crippen LogP contribution in [0.5, 0.6) is 0 Å². The van der Waals surface area contributed by atoms with Gasteiger partial charge in [0, 0.05) is 17.7 Å². The Balaban J connectivity index is 2.08. The number of likely N-dealkylation sites (tertiary alicyclic amines) is 1. The van der Waals surface area contributed by atoms with Gasteiger partial charge < -0.3 is 10.0 Å². The molecule has 0 aromatic heterocycles. The van der Waals surface area contributed by atoms with Gasteiger partial charge in [-0.3, -0.25) is 9.59 Å². The van der Waals surface area contributed by atoms with E-state index in [4.69, 9.17) is 0 Å². The molecule has 28 heavy (non-hydrogen) atoms. The van der Waals surface area contributed by atoms with Crippen molar-refractivity contribution in [2.24, 2.45) is 0 Å². The molecule has 0 bridgehead atoms. The average Bonchev–Trinajstić information content (AvgIpc) is 2.96. The maximum Gasteiger partial charge on any atom is 0.295 e. The largest absolute Gasteiger partial charge is 0.507 e. The number of carbonyl (C=O) groups is 2. The SMILES string of the molecule is CCCCCCN1C(=O)C(=O)/C(=C(/O)c2ccccc2)[C@@H]1c1ccccc1F. The Morgan fingerprint density at radius 2 is 1.68 bits per heavy atom. The Hall–Kier alpha value is -2.95. The summed E-state index contributed by atoms with van der Waals surface area (Å²) in [6, 6.07) is 13.7. The maximum atomic E-state index is 14.6. The third-order valence-electron chi connectivity index (χ3n) is 5.04. The minimum atomic E-state index is -0.928. The Labute approximate surface area is 164 Å². The van der Waals surface area contributed by atoms with Crippen molar-refractivity contribution in [2.75, 3.05) is 6.54 Å². The van der Waals surface area contributed by atoms with Gasteiger partial charge in [0.2, 0.25) is 0 Å². The zero-order valence-corrected chi connectivity index (χ0v) is 15.9. The number of aliphatic hydroxyl groups excluding tert-OH is 1. The number of unbranched alkanes of at least 4 members (excludes halogenated alkanes) is 3. The lowest BCUT2D eigenvalue weighted by molar-refractivity contribution is -0.140. The fourth-order valence-electron chi connectivity index (χ4n) is 3.59. The van der Waals surface area contributed by atoms with Gasteiger partial charge in [-0.25, -0.2) is 4.39 Å². The second-order valence-electron chi connectivity index (χ2n) is 6.94. The highest BCUT2D eigenvalue weighted by molar-refractivity contribution is 6.46. The molecule has 0 unspecified atom stereocenters. The van der Waals surface area contributed by atoms with Crippen molar-refractivity contribution < 1.29 is 19.1 Å². The van der Waals surface area contributed by atoms with E-state index in [1.807, 2.05) is 0 Å². The average molecular weight is 381 g/mol. The highest BCUT2D eigenvalue weighted by Gasteiger charge is 2.46. The number of halogens is 1. The number of benzene rings is 2. The molecule has 0 radical (unpaired) electrons. The van der Waals surface area contributed by atoms with Gasteiger partial charge in [-0.2, -0.15) is 0 Å². The molecular formula is C23H24FNO3. The molecule has 4 nitrogen and oxygen atoms in total. The predicted octanol–water partition coefficient (Wildman–Crippen LogP) is 4.83. The Kier molecular flexibility index (Phi) is 6.24. The van der Waals surface area contributed by atoms with E-state index in [0.29, 0.717) is 12.1 Å². The number of amides is 1. The quantitative estimate of drug-likeness (QED) is 0.323. The molecule has 2 aromatic rings. The van der Waals surface area contributed by atoms with E-state index in [0.717, 1.165) is 25.7 Å². The van der Waals surface area contributed by atoms with Crippen molar-refractivity contribution in [2.45, 2.75) is 38.6 Å². The molecule has 0 aliphatic carbocycles. The molecule has 3 rings (SSSR count). The van der Waals surface area contributed by atoms with Crippen LogP contribution in [0.15, 0.2) is 60.2 Å². The minimum absolute atomic E-state index is 0.0585. The second-order valence-corrected chi connectivity index (χ2v) is 6.94. The molecule has 1 amide bonds. The monoisotopic (exact) mass is 381 g/mol. The van der Waals surface area contributed by atoms with Crippen LogP contribution in [0.25, 0.3) is 5.76 Å². The number of Topliss-reactive ketones (excluding diaryl/α,β-unsaturated/α-hetero) is 1. The summed E-state index contributed by atoms with van der Waals surface area (Å²) in [7, 11) is 0. The molecule has 1 atom stereocenters. The molecule has 1 fully saturated rings. The first-order valence-corrected chi connectivity index (χ1v) is 9.64. The summed E-state index contributed by atoms with van der Waals surface area (Å²) >= 11 is 0. The molecule has 1 aliphatic heterocycles. The second kappa shape index (κ2) is 8.83. The summed E-state index contributed by atoms with van der Waals surface area (Å²) in [4.78, 5) is 26.9. The Bertz CT molecular complexity index is 892. The zero-order chi connectivity index (χ0) is 20.1. The van der Waals surface area contributed by atoms with Crippen LogP contribution in [0, 0.1) is 5.82 Å². The molecule has 1 aliphatic rings. The van der Waals surface area contributed by atoms with Gasteiger partial charge in [-0.15, -0.1) is 0 Å². The number of nitrogens with zero attached hydrogens (tertiary/aromatic N) is 1. The van der Waals surface area contributed by atoms with Crippen LogP contribution in [-0.4, -0.2) is 28.2 Å². The van der Waals surface area contributed by atoms with Crippen LogP contribution >= 0.6 is 0 Å². The number of ketones is 1. The highest BCUT2D eigenvalue weighted by Crippen LogP contribution is 2.40. The van der Waals surface area contributed by atoms with Crippen molar-refractivity contribution in [1.82, 2.24) is 4.90 Å². The summed E-state index contributed by atoms with van der Waals surface area (Å²) in [5.74, 6) is -2.25. The lowest BCUT2D eigenvalue weighted by Gasteiger charge is -2.25.